The summed E-state index contributed by atoms with van der Waals surface area (Å²) >= 11 is 0. The molecule has 0 aromatic heterocycles. The summed E-state index contributed by atoms with van der Waals surface area (Å²) in [4.78, 5) is 2.58. The molecule has 1 N–H and O–H groups in total. The molecular formula is C33H37N3O5S2. The first kappa shape index (κ1) is 29.8. The molecule has 0 spiro atoms. The van der Waals surface area contributed by atoms with Gasteiger partial charge in [0.2, 0.25) is 10.0 Å². The van der Waals surface area contributed by atoms with Crippen LogP contribution < -0.4 is 0 Å². The summed E-state index contributed by atoms with van der Waals surface area (Å²) in [5, 5.41) is 13.1. The van der Waals surface area contributed by atoms with Gasteiger partial charge in [0, 0.05) is 43.3 Å². The number of rotatable bonds is 6. The van der Waals surface area contributed by atoms with E-state index in [1.165, 1.54) is 4.31 Å². The Balaban J connectivity index is 1.23. The van der Waals surface area contributed by atoms with Crippen molar-refractivity contribution in [2.45, 2.75) is 67.5 Å². The maximum Gasteiger partial charge on any atom is 0.243 e. The van der Waals surface area contributed by atoms with Gasteiger partial charge in [0.1, 0.15) is 5.71 Å². The van der Waals surface area contributed by atoms with Crippen LogP contribution in [0.3, 0.4) is 0 Å². The van der Waals surface area contributed by atoms with Gasteiger partial charge >= 0.3 is 0 Å². The predicted molar refractivity (Wildman–Crippen MR) is 165 cm³/mol. The summed E-state index contributed by atoms with van der Waals surface area (Å²) in [6.07, 6.45) is 2.94. The molecule has 0 bridgehead atoms. The number of hydrogen-bond donors (Lipinski definition) is 1. The van der Waals surface area contributed by atoms with Crippen molar-refractivity contribution >= 4 is 25.6 Å². The van der Waals surface area contributed by atoms with Crippen molar-refractivity contribution in [3.63, 3.8) is 0 Å². The number of benzene rings is 2. The van der Waals surface area contributed by atoms with E-state index in [-0.39, 0.29) is 27.0 Å². The van der Waals surface area contributed by atoms with Crippen molar-refractivity contribution in [2.24, 2.45) is 10.6 Å². The fourth-order valence-electron chi connectivity index (χ4n) is 6.68. The van der Waals surface area contributed by atoms with Crippen LogP contribution in [-0.2, 0) is 19.9 Å². The molecule has 10 heteroatoms. The lowest BCUT2D eigenvalue weighted by Gasteiger charge is -2.37. The Hall–Kier alpha value is -3.23. The van der Waals surface area contributed by atoms with E-state index >= 15 is 0 Å². The van der Waals surface area contributed by atoms with Gasteiger partial charge < -0.3 is 5.21 Å². The number of nitrogens with zero attached hydrogens (tertiary/aromatic N) is 3. The third-order valence-corrected chi connectivity index (χ3v) is 13.7. The van der Waals surface area contributed by atoms with Gasteiger partial charge in [-0.3, -0.25) is 4.90 Å². The average Bonchev–Trinajstić information content (AvgIpc) is 3.33. The molecule has 3 aromatic rings. The van der Waals surface area contributed by atoms with Crippen molar-refractivity contribution in [2.75, 3.05) is 26.2 Å². The first-order valence-electron chi connectivity index (χ1n) is 14.8. The second-order valence-electron chi connectivity index (χ2n) is 12.7. The molecule has 1 saturated carbocycles. The lowest BCUT2D eigenvalue weighted by atomic mass is 9.77. The van der Waals surface area contributed by atoms with E-state index in [1.54, 1.807) is 36.4 Å². The van der Waals surface area contributed by atoms with Crippen LogP contribution in [-0.4, -0.2) is 68.4 Å². The zero-order valence-corrected chi connectivity index (χ0v) is 26.4. The van der Waals surface area contributed by atoms with Crippen LogP contribution in [0.25, 0.3) is 11.1 Å². The Morgan fingerprint density at radius 3 is 2.05 bits per heavy atom. The highest BCUT2D eigenvalue weighted by Crippen LogP contribution is 2.42. The number of hydrogen-bond acceptors (Lipinski definition) is 7. The Bertz CT molecular complexity index is 1770. The summed E-state index contributed by atoms with van der Waals surface area (Å²) in [5.41, 5.74) is 3.82. The minimum atomic E-state index is -3.81. The van der Waals surface area contributed by atoms with E-state index in [4.69, 9.17) is 0 Å². The summed E-state index contributed by atoms with van der Waals surface area (Å²) in [7, 11) is -7.38. The Kier molecular flexibility index (Phi) is 7.66. The highest BCUT2D eigenvalue weighted by molar-refractivity contribution is 7.92. The topological polar surface area (TPSA) is 107 Å². The fraction of sp³-hybridized carbons (Fsp3) is 0.424. The monoisotopic (exact) mass is 619 g/mol. The molecule has 6 rings (SSSR count). The number of sulfonamides is 1. The van der Waals surface area contributed by atoms with E-state index < -0.39 is 25.1 Å². The molecule has 0 radical (unpaired) electrons. The van der Waals surface area contributed by atoms with Gasteiger partial charge in [-0.2, -0.15) is 4.31 Å². The molecule has 1 aliphatic heterocycles. The first-order valence-corrected chi connectivity index (χ1v) is 17.8. The van der Waals surface area contributed by atoms with Crippen molar-refractivity contribution in [1.29, 1.82) is 0 Å². The van der Waals surface area contributed by atoms with Crippen molar-refractivity contribution < 1.29 is 22.0 Å². The minimum absolute atomic E-state index is 0.118. The van der Waals surface area contributed by atoms with E-state index in [0.29, 0.717) is 61.3 Å². The third kappa shape index (κ3) is 5.37. The van der Waals surface area contributed by atoms with Crippen LogP contribution in [0.5, 0.6) is 0 Å². The quantitative estimate of drug-likeness (QED) is 0.232. The normalized spacial score (nSPS) is 21.2. The molecule has 1 atom stereocenters. The molecular weight excluding hydrogens is 583 g/mol. The molecule has 1 unspecified atom stereocenters. The largest absolute Gasteiger partial charge is 0.410 e. The maximum atomic E-state index is 13.7. The smallest absolute Gasteiger partial charge is 0.243 e. The van der Waals surface area contributed by atoms with Gasteiger partial charge in [-0.15, -0.1) is 0 Å². The van der Waals surface area contributed by atoms with Crippen LogP contribution in [0, 0.1) is 17.5 Å². The minimum Gasteiger partial charge on any atom is -0.410 e. The number of oxime groups is 1. The molecule has 8 nitrogen and oxygen atoms in total. The van der Waals surface area contributed by atoms with Crippen molar-refractivity contribution in [1.82, 2.24) is 9.21 Å². The van der Waals surface area contributed by atoms with Crippen LogP contribution in [0.15, 0.2) is 69.5 Å². The van der Waals surface area contributed by atoms with Gasteiger partial charge in [-0.25, -0.2) is 16.8 Å². The van der Waals surface area contributed by atoms with Crippen LogP contribution >= 0.6 is 0 Å². The summed E-state index contributed by atoms with van der Waals surface area (Å²) < 4.78 is 56.1. The van der Waals surface area contributed by atoms with Crippen LogP contribution in [0.2, 0.25) is 0 Å². The molecule has 2 aliphatic carbocycles. The third-order valence-electron chi connectivity index (χ3n) is 9.56. The predicted octanol–water partition coefficient (Wildman–Crippen LogP) is 5.30. The summed E-state index contributed by atoms with van der Waals surface area (Å²) in [5.74, 6) is 0. The number of fused-ring (bicyclic) bond motifs is 3. The van der Waals surface area contributed by atoms with E-state index in [2.05, 4.69) is 43.0 Å². The first-order chi connectivity index (χ1) is 20.4. The summed E-state index contributed by atoms with van der Waals surface area (Å²) in [6, 6.07) is 21.6. The highest BCUT2D eigenvalue weighted by Gasteiger charge is 2.37. The molecule has 43 heavy (non-hydrogen) atoms. The summed E-state index contributed by atoms with van der Waals surface area (Å²) in [6.45, 7) is 8.34. The fourth-order valence-corrected chi connectivity index (χ4v) is 9.91. The van der Waals surface area contributed by atoms with Crippen molar-refractivity contribution in [3.8, 4) is 11.1 Å². The molecule has 1 heterocycles. The number of piperazine rings is 1. The van der Waals surface area contributed by atoms with Gasteiger partial charge in [-0.05, 0) is 97.2 Å². The SMILES string of the molecule is CC(c1cc#ccc1)N1CCN(S(=O)(=O)c2ccc3c(c2)/C(=N\O)c2cc(S(=O)(=O)C4CCC(C)(C)CC4)ccc2-3)CC1. The van der Waals surface area contributed by atoms with Gasteiger partial charge in [0.15, 0.2) is 9.84 Å². The molecule has 1 saturated heterocycles. The van der Waals surface area contributed by atoms with E-state index in [0.717, 1.165) is 18.4 Å². The second kappa shape index (κ2) is 11.0. The van der Waals surface area contributed by atoms with Gasteiger partial charge in [0.05, 0.1) is 15.0 Å². The maximum absolute atomic E-state index is 13.7. The Morgan fingerprint density at radius 1 is 0.860 bits per heavy atom. The molecule has 3 aromatic carbocycles. The van der Waals surface area contributed by atoms with E-state index in [9.17, 15) is 22.0 Å². The van der Waals surface area contributed by atoms with Crippen LogP contribution in [0.4, 0.5) is 0 Å². The zero-order chi connectivity index (χ0) is 30.6. The average molecular weight is 620 g/mol. The molecule has 226 valence electrons. The van der Waals surface area contributed by atoms with Crippen molar-refractivity contribution in [3.05, 3.63) is 83.4 Å². The van der Waals surface area contributed by atoms with Gasteiger partial charge in [0.25, 0.3) is 0 Å². The molecule has 3 aliphatic rings. The van der Waals surface area contributed by atoms with Gasteiger partial charge in [-0.1, -0.05) is 43.3 Å². The van der Waals surface area contributed by atoms with Crippen LogP contribution in [0.1, 0.15) is 69.2 Å². The second-order valence-corrected chi connectivity index (χ2v) is 16.8. The van der Waals surface area contributed by atoms with E-state index in [1.807, 2.05) is 18.2 Å². The number of sulfone groups is 1. The lowest BCUT2D eigenvalue weighted by molar-refractivity contribution is 0.146. The highest BCUT2D eigenvalue weighted by atomic mass is 32.2. The molecule has 0 amide bonds. The Labute approximate surface area is 255 Å². The Morgan fingerprint density at radius 2 is 1.47 bits per heavy atom. The molecule has 2 fully saturated rings. The zero-order valence-electron chi connectivity index (χ0n) is 24.7. The lowest BCUT2D eigenvalue weighted by Crippen LogP contribution is -2.49. The standard InChI is InChI=1S/C33H37N3O5S2/c1-23(24-7-5-4-6-8-24)35-17-19-36(20-18-35)43(40,41)27-10-12-29-28-11-9-26(21-30(28)32(34-37)31(29)22-27)42(38,39)25-13-15-33(2,3)16-14-25/h5,7-12,21-23,25,37H,13-20H2,1-3H3/b34-32-.